The van der Waals surface area contributed by atoms with Crippen molar-refractivity contribution in [2.24, 2.45) is 0 Å². The van der Waals surface area contributed by atoms with Gasteiger partial charge in [-0.15, -0.1) is 0 Å². The zero-order valence-corrected chi connectivity index (χ0v) is 13.9. The summed E-state index contributed by atoms with van der Waals surface area (Å²) in [5.41, 5.74) is 7.52. The first-order chi connectivity index (χ1) is 12.2. The third-order valence-electron chi connectivity index (χ3n) is 3.59. The van der Waals surface area contributed by atoms with Crippen molar-refractivity contribution < 1.29 is 13.9 Å². The predicted molar refractivity (Wildman–Crippen MR) is 91.7 cm³/mol. The molecule has 0 aromatic carbocycles. The average Bonchev–Trinajstić information content (AvgIpc) is 3.25. The number of carbonyl (C=O) groups is 1. The van der Waals surface area contributed by atoms with E-state index in [-0.39, 0.29) is 5.95 Å². The van der Waals surface area contributed by atoms with Crippen LogP contribution in [0.5, 0.6) is 0 Å². The van der Waals surface area contributed by atoms with E-state index >= 15 is 0 Å². The summed E-state index contributed by atoms with van der Waals surface area (Å²) >= 11 is 0. The fourth-order valence-electron chi connectivity index (χ4n) is 2.35. The SMILES string of the molecule is CCCCOC(=O)NCCn1cnc2c(-c3ccco3)nc(N)nc21. The number of imidazole rings is 1. The number of nitrogens with one attached hydrogen (secondary N) is 1. The maximum Gasteiger partial charge on any atom is 0.407 e. The maximum atomic E-state index is 11.6. The van der Waals surface area contributed by atoms with Crippen LogP contribution >= 0.6 is 0 Å². The first kappa shape index (κ1) is 16.7. The first-order valence-corrected chi connectivity index (χ1v) is 8.12. The van der Waals surface area contributed by atoms with Gasteiger partial charge in [-0.05, 0) is 18.6 Å². The van der Waals surface area contributed by atoms with Crippen molar-refractivity contribution in [3.8, 4) is 11.5 Å². The van der Waals surface area contributed by atoms with Gasteiger partial charge in [-0.2, -0.15) is 4.98 Å². The number of hydrogen-bond acceptors (Lipinski definition) is 7. The first-order valence-electron chi connectivity index (χ1n) is 8.12. The third-order valence-corrected chi connectivity index (χ3v) is 3.59. The summed E-state index contributed by atoms with van der Waals surface area (Å²) < 4.78 is 12.2. The molecule has 3 N–H and O–H groups in total. The number of ether oxygens (including phenoxy) is 1. The van der Waals surface area contributed by atoms with Gasteiger partial charge in [0.15, 0.2) is 11.4 Å². The molecule has 25 heavy (non-hydrogen) atoms. The van der Waals surface area contributed by atoms with E-state index in [1.165, 1.54) is 0 Å². The number of rotatable bonds is 7. The lowest BCUT2D eigenvalue weighted by molar-refractivity contribution is 0.144. The summed E-state index contributed by atoms with van der Waals surface area (Å²) in [7, 11) is 0. The van der Waals surface area contributed by atoms with E-state index in [4.69, 9.17) is 14.9 Å². The topological polar surface area (TPSA) is 121 Å². The molecule has 0 aliphatic carbocycles. The standard InChI is InChI=1S/C16H20N6O3/c1-2-3-8-25-16(23)18-6-7-22-10-19-13-12(11-5-4-9-24-11)20-15(17)21-14(13)22/h4-5,9-10H,2-3,6-8H2,1H3,(H,18,23)(H2,17,20,21). The molecule has 0 aliphatic rings. The van der Waals surface area contributed by atoms with Crippen LogP contribution in [0.2, 0.25) is 0 Å². The summed E-state index contributed by atoms with van der Waals surface area (Å²) in [5, 5.41) is 2.70. The Hall–Kier alpha value is -3.10. The Morgan fingerprint density at radius 3 is 3.08 bits per heavy atom. The number of fused-ring (bicyclic) bond motifs is 1. The van der Waals surface area contributed by atoms with E-state index in [0.717, 1.165) is 12.8 Å². The highest BCUT2D eigenvalue weighted by molar-refractivity contribution is 5.86. The highest BCUT2D eigenvalue weighted by Gasteiger charge is 2.15. The van der Waals surface area contributed by atoms with Crippen LogP contribution in [0.25, 0.3) is 22.6 Å². The average molecular weight is 344 g/mol. The van der Waals surface area contributed by atoms with E-state index in [1.807, 2.05) is 6.92 Å². The third kappa shape index (κ3) is 3.87. The number of nitrogen functional groups attached to an aromatic ring is 1. The molecular formula is C16H20N6O3. The predicted octanol–water partition coefficient (Wildman–Crippen LogP) is 2.19. The Morgan fingerprint density at radius 2 is 2.32 bits per heavy atom. The molecule has 3 aromatic heterocycles. The minimum atomic E-state index is -0.428. The molecule has 3 aromatic rings. The maximum absolute atomic E-state index is 11.6. The van der Waals surface area contributed by atoms with Crippen molar-refractivity contribution in [1.82, 2.24) is 24.8 Å². The highest BCUT2D eigenvalue weighted by Crippen LogP contribution is 2.25. The molecule has 9 nitrogen and oxygen atoms in total. The fraction of sp³-hybridized carbons (Fsp3) is 0.375. The van der Waals surface area contributed by atoms with E-state index in [1.54, 1.807) is 29.3 Å². The molecule has 0 bridgehead atoms. The summed E-state index contributed by atoms with van der Waals surface area (Å²) in [4.78, 5) is 24.4. The number of hydrogen-bond donors (Lipinski definition) is 2. The number of carbonyl (C=O) groups excluding carboxylic acids is 1. The monoisotopic (exact) mass is 344 g/mol. The van der Waals surface area contributed by atoms with Crippen molar-refractivity contribution in [2.75, 3.05) is 18.9 Å². The van der Waals surface area contributed by atoms with Gasteiger partial charge in [-0.3, -0.25) is 0 Å². The van der Waals surface area contributed by atoms with Gasteiger partial charge in [0.1, 0.15) is 11.2 Å². The fourth-order valence-corrected chi connectivity index (χ4v) is 2.35. The van der Waals surface area contributed by atoms with Crippen molar-refractivity contribution >= 4 is 23.2 Å². The smallest absolute Gasteiger partial charge is 0.407 e. The molecule has 0 atom stereocenters. The Labute approximate surface area is 144 Å². The highest BCUT2D eigenvalue weighted by atomic mass is 16.5. The largest absolute Gasteiger partial charge is 0.463 e. The van der Waals surface area contributed by atoms with Crippen LogP contribution in [0, 0.1) is 0 Å². The van der Waals surface area contributed by atoms with Gasteiger partial charge in [0.05, 0.1) is 19.2 Å². The van der Waals surface area contributed by atoms with Crippen molar-refractivity contribution in [3.63, 3.8) is 0 Å². The second kappa shape index (κ2) is 7.65. The molecule has 0 radical (unpaired) electrons. The lowest BCUT2D eigenvalue weighted by Gasteiger charge is -2.08. The summed E-state index contributed by atoms with van der Waals surface area (Å²) in [5.74, 6) is 0.703. The number of furan rings is 1. The van der Waals surface area contributed by atoms with E-state index < -0.39 is 6.09 Å². The number of nitrogens with two attached hydrogens (primary N) is 1. The lowest BCUT2D eigenvalue weighted by Crippen LogP contribution is -2.28. The number of unbranched alkanes of at least 4 members (excludes halogenated alkanes) is 1. The molecule has 0 unspecified atom stereocenters. The van der Waals surface area contributed by atoms with E-state index in [9.17, 15) is 4.79 Å². The molecule has 9 heteroatoms. The minimum absolute atomic E-state index is 0.132. The summed E-state index contributed by atoms with van der Waals surface area (Å²) in [6.45, 7) is 3.33. The molecule has 3 heterocycles. The van der Waals surface area contributed by atoms with Crippen LogP contribution < -0.4 is 11.1 Å². The van der Waals surface area contributed by atoms with Gasteiger partial charge < -0.3 is 24.8 Å². The molecule has 0 spiro atoms. The molecule has 1 amide bonds. The molecule has 132 valence electrons. The number of anilines is 1. The van der Waals surface area contributed by atoms with Crippen LogP contribution in [0.4, 0.5) is 10.7 Å². The molecule has 0 fully saturated rings. The zero-order valence-electron chi connectivity index (χ0n) is 13.9. The Morgan fingerprint density at radius 1 is 1.44 bits per heavy atom. The van der Waals surface area contributed by atoms with E-state index in [2.05, 4.69) is 20.3 Å². The minimum Gasteiger partial charge on any atom is -0.463 e. The van der Waals surface area contributed by atoms with Gasteiger partial charge >= 0.3 is 6.09 Å². The molecule has 0 aliphatic heterocycles. The van der Waals surface area contributed by atoms with Crippen molar-refractivity contribution in [3.05, 3.63) is 24.7 Å². The summed E-state index contributed by atoms with van der Waals surface area (Å²) in [6, 6.07) is 3.55. The Kier molecular flexibility index (Phi) is 5.12. The Bertz CT molecular complexity index is 843. The second-order valence-electron chi connectivity index (χ2n) is 5.43. The van der Waals surface area contributed by atoms with Crippen LogP contribution in [-0.2, 0) is 11.3 Å². The van der Waals surface area contributed by atoms with Gasteiger partial charge in [-0.25, -0.2) is 14.8 Å². The zero-order chi connectivity index (χ0) is 17.6. The Balaban J connectivity index is 1.70. The normalized spacial score (nSPS) is 10.9. The lowest BCUT2D eigenvalue weighted by atomic mass is 10.3. The molecule has 0 saturated heterocycles. The molecule has 0 saturated carbocycles. The van der Waals surface area contributed by atoms with Crippen molar-refractivity contribution in [1.29, 1.82) is 0 Å². The van der Waals surface area contributed by atoms with Crippen LogP contribution in [0.15, 0.2) is 29.1 Å². The molecule has 3 rings (SSSR count). The van der Waals surface area contributed by atoms with E-state index in [0.29, 0.717) is 42.3 Å². The van der Waals surface area contributed by atoms with Crippen LogP contribution in [-0.4, -0.2) is 38.8 Å². The van der Waals surface area contributed by atoms with Gasteiger partial charge in [-0.1, -0.05) is 13.3 Å². The summed E-state index contributed by atoms with van der Waals surface area (Å²) in [6.07, 6.45) is 4.60. The van der Waals surface area contributed by atoms with Crippen LogP contribution in [0.1, 0.15) is 19.8 Å². The number of aromatic nitrogens is 4. The molecular weight excluding hydrogens is 324 g/mol. The van der Waals surface area contributed by atoms with Crippen LogP contribution in [0.3, 0.4) is 0 Å². The van der Waals surface area contributed by atoms with Gasteiger partial charge in [0.2, 0.25) is 5.95 Å². The van der Waals surface area contributed by atoms with Gasteiger partial charge in [0, 0.05) is 13.1 Å². The quantitative estimate of drug-likeness (QED) is 0.630. The number of amides is 1. The van der Waals surface area contributed by atoms with Crippen molar-refractivity contribution in [2.45, 2.75) is 26.3 Å². The second-order valence-corrected chi connectivity index (χ2v) is 5.43. The number of alkyl carbamates (subject to hydrolysis) is 1. The van der Waals surface area contributed by atoms with Gasteiger partial charge in [0.25, 0.3) is 0 Å². The number of nitrogens with zero attached hydrogens (tertiary/aromatic N) is 4.